The van der Waals surface area contributed by atoms with Crippen molar-refractivity contribution in [2.45, 2.75) is 25.8 Å². The molecule has 2 aromatic heterocycles. The summed E-state index contributed by atoms with van der Waals surface area (Å²) in [4.78, 5) is 18.0. The molecule has 2 aromatic rings. The number of allylic oxidation sites excluding steroid dienone is 1. The van der Waals surface area contributed by atoms with Gasteiger partial charge in [-0.1, -0.05) is 0 Å². The minimum absolute atomic E-state index is 0.532. The summed E-state index contributed by atoms with van der Waals surface area (Å²) < 4.78 is 0. The summed E-state index contributed by atoms with van der Waals surface area (Å²) in [5.41, 5.74) is 4.33. The normalized spacial score (nSPS) is 19.3. The molecule has 1 saturated heterocycles. The molecule has 6 heteroatoms. The molecule has 126 valence electrons. The first-order chi connectivity index (χ1) is 11.7. The summed E-state index contributed by atoms with van der Waals surface area (Å²) >= 11 is 0. The van der Waals surface area contributed by atoms with Crippen molar-refractivity contribution in [3.05, 3.63) is 30.2 Å². The molecule has 2 N–H and O–H groups in total. The first kappa shape index (κ1) is 16.4. The lowest BCUT2D eigenvalue weighted by Crippen LogP contribution is -2.44. The molecule has 0 amide bonds. The van der Waals surface area contributed by atoms with E-state index in [2.05, 4.69) is 43.0 Å². The Morgan fingerprint density at radius 2 is 2.42 bits per heavy atom. The highest BCUT2D eigenvalue weighted by Gasteiger charge is 2.22. The molecule has 24 heavy (non-hydrogen) atoms. The molecule has 0 aromatic carbocycles. The van der Waals surface area contributed by atoms with Gasteiger partial charge in [-0.3, -0.25) is 4.99 Å². The fraction of sp³-hybridized carbons (Fsp3) is 0.389. The lowest BCUT2D eigenvalue weighted by Gasteiger charge is -2.34. The van der Waals surface area contributed by atoms with Crippen LogP contribution in [0.15, 0.2) is 34.6 Å². The third kappa shape index (κ3) is 3.23. The molecule has 0 aliphatic carbocycles. The SMILES string of the molecule is C=NC=N/C=C(\C)c1c[nH]c2nccc(N3CCC[C@H](NC)C3)c12. The third-order valence-electron chi connectivity index (χ3n) is 4.56. The Hall–Kier alpha value is -2.47. The van der Waals surface area contributed by atoms with Gasteiger partial charge in [0.05, 0.1) is 0 Å². The van der Waals surface area contributed by atoms with Gasteiger partial charge < -0.3 is 15.2 Å². The first-order valence-corrected chi connectivity index (χ1v) is 8.27. The van der Waals surface area contributed by atoms with Crippen LogP contribution in [-0.2, 0) is 0 Å². The summed E-state index contributed by atoms with van der Waals surface area (Å²) in [7, 11) is 2.04. The van der Waals surface area contributed by atoms with Crippen LogP contribution in [0, 0.1) is 0 Å². The molecule has 1 atom stereocenters. The van der Waals surface area contributed by atoms with Gasteiger partial charge in [-0.15, -0.1) is 0 Å². The van der Waals surface area contributed by atoms with Crippen molar-refractivity contribution in [2.75, 3.05) is 25.0 Å². The number of rotatable bonds is 5. The van der Waals surface area contributed by atoms with Gasteiger partial charge in [0, 0.05) is 54.4 Å². The van der Waals surface area contributed by atoms with E-state index in [-0.39, 0.29) is 0 Å². The smallest absolute Gasteiger partial charge is 0.139 e. The fourth-order valence-corrected chi connectivity index (χ4v) is 3.31. The number of piperidine rings is 1. The second-order valence-corrected chi connectivity index (χ2v) is 6.09. The van der Waals surface area contributed by atoms with E-state index in [0.717, 1.165) is 35.3 Å². The van der Waals surface area contributed by atoms with E-state index in [4.69, 9.17) is 0 Å². The first-order valence-electron chi connectivity index (χ1n) is 8.27. The quantitative estimate of drug-likeness (QED) is 0.656. The van der Waals surface area contributed by atoms with Crippen LogP contribution < -0.4 is 10.2 Å². The molecule has 6 nitrogen and oxygen atoms in total. The lowest BCUT2D eigenvalue weighted by molar-refractivity contribution is 0.450. The van der Waals surface area contributed by atoms with Crippen LogP contribution in [0.4, 0.5) is 5.69 Å². The standard InChI is InChI=1S/C18H24N6/c1-13(9-21-12-19-2)15-10-23-18-17(15)16(6-7-22-18)24-8-4-5-14(11-24)20-3/h6-7,9-10,12,14,20H,2,4-5,8,11H2,1,3H3,(H,22,23)/b13-9+,21-12?/t14-/m0/s1. The number of aromatic nitrogens is 2. The van der Waals surface area contributed by atoms with Crippen molar-refractivity contribution >= 4 is 35.3 Å². The highest BCUT2D eigenvalue weighted by molar-refractivity contribution is 5.99. The second-order valence-electron chi connectivity index (χ2n) is 6.09. The number of fused-ring (bicyclic) bond motifs is 1. The summed E-state index contributed by atoms with van der Waals surface area (Å²) in [6.07, 6.45) is 9.55. The average Bonchev–Trinajstić information content (AvgIpc) is 3.06. The van der Waals surface area contributed by atoms with E-state index in [0.29, 0.717) is 6.04 Å². The van der Waals surface area contributed by atoms with Gasteiger partial charge >= 0.3 is 0 Å². The van der Waals surface area contributed by atoms with Gasteiger partial charge in [-0.2, -0.15) is 0 Å². The number of nitrogens with one attached hydrogen (secondary N) is 2. The summed E-state index contributed by atoms with van der Waals surface area (Å²) in [5, 5.41) is 4.56. The Morgan fingerprint density at radius 3 is 3.21 bits per heavy atom. The number of nitrogens with zero attached hydrogens (tertiary/aromatic N) is 4. The number of likely N-dealkylation sites (N-methyl/N-ethyl adjacent to an activating group) is 1. The van der Waals surface area contributed by atoms with Crippen LogP contribution >= 0.6 is 0 Å². The Bertz CT molecular complexity index is 773. The van der Waals surface area contributed by atoms with Gasteiger partial charge in [-0.05, 0) is 45.2 Å². The predicted molar refractivity (Wildman–Crippen MR) is 102 cm³/mol. The highest BCUT2D eigenvalue weighted by atomic mass is 15.2. The number of anilines is 1. The topological polar surface area (TPSA) is 68.7 Å². The molecular formula is C18H24N6. The average molecular weight is 324 g/mol. The van der Waals surface area contributed by atoms with E-state index in [1.54, 1.807) is 6.20 Å². The second kappa shape index (κ2) is 7.40. The maximum absolute atomic E-state index is 4.48. The lowest BCUT2D eigenvalue weighted by atomic mass is 10.0. The predicted octanol–water partition coefficient (Wildman–Crippen LogP) is 2.84. The van der Waals surface area contributed by atoms with Crippen LogP contribution in [0.5, 0.6) is 0 Å². The Balaban J connectivity index is 2.02. The number of hydrogen-bond acceptors (Lipinski definition) is 4. The van der Waals surface area contributed by atoms with E-state index in [1.807, 2.05) is 26.4 Å². The number of hydrogen-bond donors (Lipinski definition) is 2. The highest BCUT2D eigenvalue weighted by Crippen LogP contribution is 2.33. The van der Waals surface area contributed by atoms with Crippen molar-refractivity contribution in [1.82, 2.24) is 15.3 Å². The Kier molecular flexibility index (Phi) is 5.05. The van der Waals surface area contributed by atoms with E-state index >= 15 is 0 Å². The number of aromatic amines is 1. The van der Waals surface area contributed by atoms with E-state index in [1.165, 1.54) is 24.9 Å². The zero-order chi connectivity index (χ0) is 16.9. The summed E-state index contributed by atoms with van der Waals surface area (Å²) in [5.74, 6) is 0. The monoisotopic (exact) mass is 324 g/mol. The zero-order valence-corrected chi connectivity index (χ0v) is 14.3. The molecule has 0 unspecified atom stereocenters. The van der Waals surface area contributed by atoms with Crippen LogP contribution in [0.1, 0.15) is 25.3 Å². The fourth-order valence-electron chi connectivity index (χ4n) is 3.31. The molecule has 0 saturated carbocycles. The zero-order valence-electron chi connectivity index (χ0n) is 14.3. The summed E-state index contributed by atoms with van der Waals surface area (Å²) in [6.45, 7) is 7.54. The molecule has 1 aliphatic heterocycles. The van der Waals surface area contributed by atoms with Gasteiger partial charge in [0.25, 0.3) is 0 Å². The van der Waals surface area contributed by atoms with Crippen molar-refractivity contribution in [1.29, 1.82) is 0 Å². The van der Waals surface area contributed by atoms with E-state index < -0.39 is 0 Å². The molecule has 1 fully saturated rings. The van der Waals surface area contributed by atoms with Crippen LogP contribution in [0.2, 0.25) is 0 Å². The molecule has 3 rings (SSSR count). The van der Waals surface area contributed by atoms with Crippen LogP contribution in [0.3, 0.4) is 0 Å². The van der Waals surface area contributed by atoms with Gasteiger partial charge in [-0.25, -0.2) is 9.98 Å². The van der Waals surface area contributed by atoms with Gasteiger partial charge in [0.2, 0.25) is 0 Å². The molecular weight excluding hydrogens is 300 g/mol. The minimum Gasteiger partial charge on any atom is -0.369 e. The number of H-pyrrole nitrogens is 1. The van der Waals surface area contributed by atoms with Gasteiger partial charge in [0.15, 0.2) is 0 Å². The maximum Gasteiger partial charge on any atom is 0.139 e. The van der Waals surface area contributed by atoms with Crippen molar-refractivity contribution in [3.8, 4) is 0 Å². The van der Waals surface area contributed by atoms with Crippen molar-refractivity contribution in [3.63, 3.8) is 0 Å². The molecule has 0 spiro atoms. The van der Waals surface area contributed by atoms with Gasteiger partial charge in [0.1, 0.15) is 12.0 Å². The number of pyridine rings is 1. The largest absolute Gasteiger partial charge is 0.369 e. The molecule has 0 radical (unpaired) electrons. The maximum atomic E-state index is 4.48. The Morgan fingerprint density at radius 1 is 1.54 bits per heavy atom. The number of aliphatic imine (C=N–C) groups is 2. The van der Waals surface area contributed by atoms with Crippen molar-refractivity contribution < 1.29 is 0 Å². The van der Waals surface area contributed by atoms with Crippen molar-refractivity contribution in [2.24, 2.45) is 9.98 Å². The molecule has 1 aliphatic rings. The van der Waals surface area contributed by atoms with E-state index in [9.17, 15) is 0 Å². The summed E-state index contributed by atoms with van der Waals surface area (Å²) in [6, 6.07) is 2.64. The van der Waals surface area contributed by atoms with Crippen LogP contribution in [0.25, 0.3) is 16.6 Å². The minimum atomic E-state index is 0.532. The third-order valence-corrected chi connectivity index (χ3v) is 4.56. The Labute approximate surface area is 142 Å². The molecule has 3 heterocycles. The molecule has 0 bridgehead atoms. The van der Waals surface area contributed by atoms with Crippen LogP contribution in [-0.4, -0.2) is 49.2 Å².